The maximum Gasteiger partial charge on any atom is 0.306 e. The maximum atomic E-state index is 12.2. The predicted molar refractivity (Wildman–Crippen MR) is 210 cm³/mol. The van der Waals surface area contributed by atoms with E-state index in [2.05, 4.69) is 13.8 Å². The Bertz CT molecular complexity index is 594. The highest BCUT2D eigenvalue weighted by atomic mass is 16.6. The van der Waals surface area contributed by atoms with E-state index in [1.54, 1.807) is 0 Å². The molecular weight excluding hydrogens is 592 g/mol. The van der Waals surface area contributed by atoms with Crippen LogP contribution in [0.5, 0.6) is 0 Å². The quantitative estimate of drug-likeness (QED) is 0.0515. The SMILES string of the molecule is CCCCCCCCCCCCCCCCCCCCCCCCC(=O)OC(CO)COCCCCCCCCCCCCCCCC. The average molecular weight is 681 g/mol. The number of aliphatic hydroxyl groups is 1. The van der Waals surface area contributed by atoms with E-state index in [0.29, 0.717) is 19.6 Å². The standard InChI is InChI=1S/C44H88O4/c1-3-5-7-9-11-13-15-17-19-20-21-22-23-24-25-26-27-29-31-33-35-37-39-44(46)48-43(41-45)42-47-40-38-36-34-32-30-28-18-16-14-12-10-8-6-4-2/h43,45H,3-42H2,1-2H3. The van der Waals surface area contributed by atoms with Gasteiger partial charge in [-0.05, 0) is 12.8 Å². The molecule has 0 rings (SSSR count). The minimum atomic E-state index is -0.524. The first-order chi connectivity index (χ1) is 23.7. The molecule has 0 radical (unpaired) electrons. The van der Waals surface area contributed by atoms with Crippen LogP contribution in [0.25, 0.3) is 0 Å². The zero-order chi connectivity index (χ0) is 34.9. The lowest BCUT2D eigenvalue weighted by Crippen LogP contribution is -2.27. The summed E-state index contributed by atoms with van der Waals surface area (Å²) in [5.41, 5.74) is 0. The summed E-state index contributed by atoms with van der Waals surface area (Å²) in [6.07, 6.45) is 48.8. The van der Waals surface area contributed by atoms with Gasteiger partial charge in [0.15, 0.2) is 0 Å². The lowest BCUT2D eigenvalue weighted by Gasteiger charge is -2.16. The van der Waals surface area contributed by atoms with Crippen molar-refractivity contribution in [3.63, 3.8) is 0 Å². The molecule has 1 N–H and O–H groups in total. The molecule has 0 amide bonds. The van der Waals surface area contributed by atoms with Crippen LogP contribution in [0.3, 0.4) is 0 Å². The molecule has 0 fully saturated rings. The minimum absolute atomic E-state index is 0.163. The molecule has 1 atom stereocenters. The normalized spacial score (nSPS) is 12.1. The molecule has 48 heavy (non-hydrogen) atoms. The molecule has 0 aliphatic carbocycles. The summed E-state index contributed by atoms with van der Waals surface area (Å²) in [7, 11) is 0. The van der Waals surface area contributed by atoms with Gasteiger partial charge in [0.05, 0.1) is 13.2 Å². The van der Waals surface area contributed by atoms with Gasteiger partial charge in [0.25, 0.3) is 0 Å². The Labute approximate surface area is 302 Å². The fourth-order valence-corrected chi connectivity index (χ4v) is 6.86. The fraction of sp³-hybridized carbons (Fsp3) is 0.977. The molecule has 0 spiro atoms. The molecule has 0 aliphatic heterocycles. The van der Waals surface area contributed by atoms with E-state index in [0.717, 1.165) is 19.3 Å². The topological polar surface area (TPSA) is 55.8 Å². The predicted octanol–water partition coefficient (Wildman–Crippen LogP) is 14.4. The highest BCUT2D eigenvalue weighted by Gasteiger charge is 2.13. The number of aliphatic hydroxyl groups excluding tert-OH is 1. The van der Waals surface area contributed by atoms with Gasteiger partial charge in [-0.15, -0.1) is 0 Å². The van der Waals surface area contributed by atoms with E-state index in [-0.39, 0.29) is 12.6 Å². The van der Waals surface area contributed by atoms with Gasteiger partial charge in [-0.1, -0.05) is 232 Å². The van der Waals surface area contributed by atoms with Crippen molar-refractivity contribution >= 4 is 5.97 Å². The second-order valence-electron chi connectivity index (χ2n) is 15.1. The lowest BCUT2D eigenvalue weighted by atomic mass is 10.0. The van der Waals surface area contributed by atoms with Crippen molar-refractivity contribution < 1.29 is 19.4 Å². The molecule has 0 heterocycles. The second-order valence-corrected chi connectivity index (χ2v) is 15.1. The van der Waals surface area contributed by atoms with Gasteiger partial charge in [0.2, 0.25) is 0 Å². The number of unbranched alkanes of at least 4 members (excludes halogenated alkanes) is 34. The van der Waals surface area contributed by atoms with Crippen molar-refractivity contribution in [2.24, 2.45) is 0 Å². The van der Waals surface area contributed by atoms with Crippen LogP contribution in [0, 0.1) is 0 Å². The molecule has 0 aliphatic rings. The minimum Gasteiger partial charge on any atom is -0.457 e. The Kier molecular flexibility index (Phi) is 42.0. The van der Waals surface area contributed by atoms with Crippen molar-refractivity contribution in [3.05, 3.63) is 0 Å². The van der Waals surface area contributed by atoms with Crippen LogP contribution >= 0.6 is 0 Å². The van der Waals surface area contributed by atoms with Crippen molar-refractivity contribution in [1.82, 2.24) is 0 Å². The van der Waals surface area contributed by atoms with Crippen LogP contribution in [0.1, 0.15) is 251 Å². The van der Waals surface area contributed by atoms with E-state index >= 15 is 0 Å². The highest BCUT2D eigenvalue weighted by Crippen LogP contribution is 2.16. The van der Waals surface area contributed by atoms with Crippen LogP contribution in [-0.2, 0) is 14.3 Å². The fourth-order valence-electron chi connectivity index (χ4n) is 6.86. The zero-order valence-electron chi connectivity index (χ0n) is 33.0. The smallest absolute Gasteiger partial charge is 0.306 e. The number of rotatable bonds is 42. The second kappa shape index (κ2) is 42.6. The van der Waals surface area contributed by atoms with Crippen LogP contribution in [0.2, 0.25) is 0 Å². The summed E-state index contributed by atoms with van der Waals surface area (Å²) in [5.74, 6) is -0.192. The summed E-state index contributed by atoms with van der Waals surface area (Å²) in [6, 6.07) is 0. The molecule has 0 aromatic rings. The monoisotopic (exact) mass is 681 g/mol. The third-order valence-electron chi connectivity index (χ3n) is 10.2. The van der Waals surface area contributed by atoms with Gasteiger partial charge in [-0.2, -0.15) is 0 Å². The van der Waals surface area contributed by atoms with Gasteiger partial charge in [0.1, 0.15) is 6.10 Å². The molecule has 288 valence electrons. The first-order valence-corrected chi connectivity index (χ1v) is 22.1. The third-order valence-corrected chi connectivity index (χ3v) is 10.2. The number of carbonyl (C=O) groups is 1. The Balaban J connectivity index is 3.34. The molecular formula is C44H88O4. The van der Waals surface area contributed by atoms with E-state index in [9.17, 15) is 9.90 Å². The Morgan fingerprint density at radius 3 is 0.979 bits per heavy atom. The maximum absolute atomic E-state index is 12.2. The molecule has 0 saturated carbocycles. The van der Waals surface area contributed by atoms with E-state index in [4.69, 9.17) is 9.47 Å². The van der Waals surface area contributed by atoms with E-state index in [1.807, 2.05) is 0 Å². The molecule has 0 aromatic heterocycles. The third kappa shape index (κ3) is 39.8. The summed E-state index contributed by atoms with van der Waals surface area (Å²) < 4.78 is 11.2. The molecule has 0 bridgehead atoms. The Morgan fingerprint density at radius 2 is 0.688 bits per heavy atom. The highest BCUT2D eigenvalue weighted by molar-refractivity contribution is 5.69. The Hall–Kier alpha value is -0.610. The first kappa shape index (κ1) is 47.4. The van der Waals surface area contributed by atoms with Crippen LogP contribution < -0.4 is 0 Å². The van der Waals surface area contributed by atoms with Crippen LogP contribution in [-0.4, -0.2) is 37.0 Å². The molecule has 4 heteroatoms. The van der Waals surface area contributed by atoms with E-state index in [1.165, 1.54) is 212 Å². The number of hydrogen-bond acceptors (Lipinski definition) is 4. The summed E-state index contributed by atoms with van der Waals surface area (Å²) in [6.45, 7) is 5.40. The number of hydrogen-bond donors (Lipinski definition) is 1. The largest absolute Gasteiger partial charge is 0.457 e. The zero-order valence-corrected chi connectivity index (χ0v) is 33.0. The van der Waals surface area contributed by atoms with E-state index < -0.39 is 6.10 Å². The average Bonchev–Trinajstić information content (AvgIpc) is 3.09. The molecule has 1 unspecified atom stereocenters. The van der Waals surface area contributed by atoms with Crippen molar-refractivity contribution in [3.8, 4) is 0 Å². The van der Waals surface area contributed by atoms with Crippen molar-refractivity contribution in [1.29, 1.82) is 0 Å². The molecule has 0 aromatic carbocycles. The van der Waals surface area contributed by atoms with Gasteiger partial charge >= 0.3 is 5.97 Å². The number of esters is 1. The summed E-state index contributed by atoms with van der Waals surface area (Å²) >= 11 is 0. The molecule has 4 nitrogen and oxygen atoms in total. The number of carbonyl (C=O) groups excluding carboxylic acids is 1. The van der Waals surface area contributed by atoms with Gasteiger partial charge in [-0.3, -0.25) is 4.79 Å². The molecule has 0 saturated heterocycles. The van der Waals surface area contributed by atoms with Gasteiger partial charge in [-0.25, -0.2) is 0 Å². The van der Waals surface area contributed by atoms with Gasteiger partial charge < -0.3 is 14.6 Å². The van der Waals surface area contributed by atoms with Crippen molar-refractivity contribution in [2.45, 2.75) is 258 Å². The number of ether oxygens (including phenoxy) is 2. The van der Waals surface area contributed by atoms with Crippen molar-refractivity contribution in [2.75, 3.05) is 19.8 Å². The Morgan fingerprint density at radius 1 is 0.417 bits per heavy atom. The summed E-state index contributed by atoms with van der Waals surface area (Å²) in [5, 5.41) is 9.59. The van der Waals surface area contributed by atoms with Crippen LogP contribution in [0.4, 0.5) is 0 Å². The van der Waals surface area contributed by atoms with Crippen LogP contribution in [0.15, 0.2) is 0 Å². The summed E-state index contributed by atoms with van der Waals surface area (Å²) in [4.78, 5) is 12.2. The van der Waals surface area contributed by atoms with Gasteiger partial charge in [0, 0.05) is 13.0 Å². The first-order valence-electron chi connectivity index (χ1n) is 22.1. The lowest BCUT2D eigenvalue weighted by molar-refractivity contribution is -0.154.